The van der Waals surface area contributed by atoms with E-state index in [2.05, 4.69) is 11.1 Å². The summed E-state index contributed by atoms with van der Waals surface area (Å²) in [5.74, 6) is 0.0529. The molecule has 1 radical (unpaired) electrons. The molecule has 0 spiro atoms. The number of fused-ring (bicyclic) bond motifs is 1. The van der Waals surface area contributed by atoms with Gasteiger partial charge in [0.2, 0.25) is 5.88 Å². The lowest BCUT2D eigenvalue weighted by molar-refractivity contribution is 0.456. The number of benzene rings is 1. The molecule has 53 valence electrons. The first-order valence-electron chi connectivity index (χ1n) is 3.32. The van der Waals surface area contributed by atoms with Crippen molar-refractivity contribution in [3.05, 3.63) is 36.4 Å². The number of rotatable bonds is 0. The van der Waals surface area contributed by atoms with Crippen LogP contribution in [0.2, 0.25) is 0 Å². The molecule has 0 atom stereocenters. The minimum atomic E-state index is 0.0529. The fourth-order valence-electron chi connectivity index (χ4n) is 0.996. The second-order valence-corrected chi connectivity index (χ2v) is 2.29. The average Bonchev–Trinajstić information content (AvgIpc) is 2.04. The summed E-state index contributed by atoms with van der Waals surface area (Å²) in [6.07, 6.45) is 0. The van der Waals surface area contributed by atoms with Gasteiger partial charge in [-0.2, -0.15) is 0 Å². The molecule has 1 heterocycles. The zero-order chi connectivity index (χ0) is 7.68. The average molecular weight is 144 g/mol. The van der Waals surface area contributed by atoms with Crippen molar-refractivity contribution in [2.24, 2.45) is 0 Å². The molecule has 0 saturated heterocycles. The lowest BCUT2D eigenvalue weighted by Crippen LogP contribution is -1.76. The molecule has 1 N–H and O–H groups in total. The molecule has 2 nitrogen and oxygen atoms in total. The standard InChI is InChI=1S/C9H6NO/c11-9-6-5-7-3-1-2-4-8(7)10-9/h1,3-6H,(H,10,11). The zero-order valence-corrected chi connectivity index (χ0v) is 5.78. The van der Waals surface area contributed by atoms with Gasteiger partial charge in [0.05, 0.1) is 5.52 Å². The van der Waals surface area contributed by atoms with Crippen molar-refractivity contribution >= 4 is 10.9 Å². The van der Waals surface area contributed by atoms with E-state index in [0.29, 0.717) is 0 Å². The molecule has 1 aromatic heterocycles. The van der Waals surface area contributed by atoms with E-state index in [1.807, 2.05) is 18.2 Å². The second-order valence-electron chi connectivity index (χ2n) is 2.29. The third-order valence-corrected chi connectivity index (χ3v) is 1.52. The van der Waals surface area contributed by atoms with Gasteiger partial charge in [0, 0.05) is 11.5 Å². The van der Waals surface area contributed by atoms with Gasteiger partial charge in [-0.05, 0) is 18.2 Å². The number of nitrogens with zero attached hydrogens (tertiary/aromatic N) is 1. The molecule has 11 heavy (non-hydrogen) atoms. The monoisotopic (exact) mass is 144 g/mol. The maximum Gasteiger partial charge on any atom is 0.211 e. The van der Waals surface area contributed by atoms with Crippen LogP contribution in [0.25, 0.3) is 10.9 Å². The molecule has 1 aromatic carbocycles. The second kappa shape index (κ2) is 2.23. The molecule has 0 aliphatic rings. The van der Waals surface area contributed by atoms with Crippen LogP contribution in [0.3, 0.4) is 0 Å². The van der Waals surface area contributed by atoms with Crippen LogP contribution in [-0.2, 0) is 0 Å². The molecule has 0 aliphatic heterocycles. The predicted octanol–water partition coefficient (Wildman–Crippen LogP) is 1.74. The van der Waals surface area contributed by atoms with Crippen molar-refractivity contribution in [2.45, 2.75) is 0 Å². The highest BCUT2D eigenvalue weighted by atomic mass is 16.3. The van der Waals surface area contributed by atoms with Gasteiger partial charge in [-0.15, -0.1) is 0 Å². The van der Waals surface area contributed by atoms with Crippen molar-refractivity contribution in [2.75, 3.05) is 0 Å². The Bertz CT molecular complexity index is 384. The summed E-state index contributed by atoms with van der Waals surface area (Å²) in [4.78, 5) is 3.90. The van der Waals surface area contributed by atoms with Crippen molar-refractivity contribution in [3.8, 4) is 5.88 Å². The van der Waals surface area contributed by atoms with Crippen LogP contribution < -0.4 is 0 Å². The highest BCUT2D eigenvalue weighted by Gasteiger charge is 1.92. The third-order valence-electron chi connectivity index (χ3n) is 1.52. The van der Waals surface area contributed by atoms with Crippen molar-refractivity contribution in [3.63, 3.8) is 0 Å². The van der Waals surface area contributed by atoms with Crippen LogP contribution in [0.4, 0.5) is 0 Å². The largest absolute Gasteiger partial charge is 0.493 e. The predicted molar refractivity (Wildman–Crippen MR) is 42.2 cm³/mol. The Morgan fingerprint density at radius 1 is 1.27 bits per heavy atom. The Morgan fingerprint density at radius 3 is 3.09 bits per heavy atom. The molecule has 0 saturated carbocycles. The van der Waals surface area contributed by atoms with E-state index in [0.717, 1.165) is 10.9 Å². The van der Waals surface area contributed by atoms with Gasteiger partial charge in [0.25, 0.3) is 0 Å². The van der Waals surface area contributed by atoms with E-state index in [1.54, 1.807) is 12.1 Å². The van der Waals surface area contributed by atoms with E-state index in [9.17, 15) is 0 Å². The minimum absolute atomic E-state index is 0.0529. The van der Waals surface area contributed by atoms with Crippen LogP contribution in [0.15, 0.2) is 30.3 Å². The molecule has 0 fully saturated rings. The van der Waals surface area contributed by atoms with Crippen molar-refractivity contribution in [1.29, 1.82) is 0 Å². The molecular formula is C9H6NO. The SMILES string of the molecule is Oc1ccc2cc[c]cc2n1. The van der Waals surface area contributed by atoms with E-state index >= 15 is 0 Å². The van der Waals surface area contributed by atoms with Gasteiger partial charge in [-0.1, -0.05) is 12.1 Å². The Morgan fingerprint density at radius 2 is 2.18 bits per heavy atom. The summed E-state index contributed by atoms with van der Waals surface area (Å²) < 4.78 is 0. The summed E-state index contributed by atoms with van der Waals surface area (Å²) in [7, 11) is 0. The highest BCUT2D eigenvalue weighted by Crippen LogP contribution is 2.13. The quantitative estimate of drug-likeness (QED) is 0.611. The first kappa shape index (κ1) is 6.16. The first-order valence-corrected chi connectivity index (χ1v) is 3.32. The summed E-state index contributed by atoms with van der Waals surface area (Å²) in [6.45, 7) is 0. The van der Waals surface area contributed by atoms with E-state index in [1.165, 1.54) is 0 Å². The smallest absolute Gasteiger partial charge is 0.211 e. The van der Waals surface area contributed by atoms with E-state index in [-0.39, 0.29) is 5.88 Å². The maximum atomic E-state index is 9.01. The molecule has 2 heteroatoms. The number of aromatic hydroxyl groups is 1. The van der Waals surface area contributed by atoms with Crippen LogP contribution >= 0.6 is 0 Å². The minimum Gasteiger partial charge on any atom is -0.493 e. The Labute approximate surface area is 64.1 Å². The van der Waals surface area contributed by atoms with Gasteiger partial charge in [-0.25, -0.2) is 4.98 Å². The molecular weight excluding hydrogens is 138 g/mol. The molecule has 0 unspecified atom stereocenters. The lowest BCUT2D eigenvalue weighted by Gasteiger charge is -1.94. The molecule has 0 aliphatic carbocycles. The lowest BCUT2D eigenvalue weighted by atomic mass is 10.2. The number of pyridine rings is 1. The van der Waals surface area contributed by atoms with Crippen LogP contribution in [0.5, 0.6) is 5.88 Å². The van der Waals surface area contributed by atoms with Crippen molar-refractivity contribution < 1.29 is 5.11 Å². The normalized spacial score (nSPS) is 10.2. The fraction of sp³-hybridized carbons (Fsp3) is 0. The Kier molecular flexibility index (Phi) is 1.25. The van der Waals surface area contributed by atoms with Crippen LogP contribution in [0.1, 0.15) is 0 Å². The fourth-order valence-corrected chi connectivity index (χ4v) is 0.996. The third kappa shape index (κ3) is 1.03. The van der Waals surface area contributed by atoms with E-state index < -0.39 is 0 Å². The van der Waals surface area contributed by atoms with E-state index in [4.69, 9.17) is 5.11 Å². The first-order chi connectivity index (χ1) is 5.36. The number of aromatic nitrogens is 1. The topological polar surface area (TPSA) is 33.1 Å². The molecule has 0 amide bonds. The summed E-state index contributed by atoms with van der Waals surface area (Å²) >= 11 is 0. The van der Waals surface area contributed by atoms with Gasteiger partial charge in [0.15, 0.2) is 0 Å². The number of hydrogen-bond donors (Lipinski definition) is 1. The van der Waals surface area contributed by atoms with Gasteiger partial charge in [-0.3, -0.25) is 0 Å². The summed E-state index contributed by atoms with van der Waals surface area (Å²) in [5.41, 5.74) is 0.771. The highest BCUT2D eigenvalue weighted by molar-refractivity contribution is 5.78. The zero-order valence-electron chi connectivity index (χ0n) is 5.78. The molecule has 0 bridgehead atoms. The Hall–Kier alpha value is -1.57. The summed E-state index contributed by atoms with van der Waals surface area (Å²) in [5, 5.41) is 10.0. The van der Waals surface area contributed by atoms with Gasteiger partial charge < -0.3 is 5.11 Å². The van der Waals surface area contributed by atoms with Crippen molar-refractivity contribution in [1.82, 2.24) is 4.98 Å². The molecule has 2 rings (SSSR count). The van der Waals surface area contributed by atoms with Gasteiger partial charge in [0.1, 0.15) is 0 Å². The Balaban J connectivity index is 2.83. The van der Waals surface area contributed by atoms with Crippen LogP contribution in [0, 0.1) is 6.07 Å². The summed E-state index contributed by atoms with van der Waals surface area (Å²) in [6, 6.07) is 11.8. The van der Waals surface area contributed by atoms with Gasteiger partial charge >= 0.3 is 0 Å². The molecule has 2 aromatic rings. The maximum absolute atomic E-state index is 9.01. The number of hydrogen-bond acceptors (Lipinski definition) is 2. The van der Waals surface area contributed by atoms with Crippen LogP contribution in [-0.4, -0.2) is 10.1 Å².